The number of fused-ring (bicyclic) bond motifs is 1. The van der Waals surface area contributed by atoms with Crippen LogP contribution in [0.1, 0.15) is 65.7 Å². The van der Waals surface area contributed by atoms with Crippen LogP contribution in [-0.4, -0.2) is 33.1 Å². The zero-order valence-electron chi connectivity index (χ0n) is 22.8. The van der Waals surface area contributed by atoms with Crippen LogP contribution in [0.2, 0.25) is 0 Å². The molecule has 1 N–H and O–H groups in total. The molecule has 0 saturated carbocycles. The third kappa shape index (κ3) is 5.58. The van der Waals surface area contributed by atoms with Gasteiger partial charge in [0, 0.05) is 30.0 Å². The molecule has 0 spiro atoms. The SMILES string of the molecule is CC(C)(C)OC(=O)NC(C)(C)c1ccc(-c2ccc3nn(C4CCCCO4)cc3c2-c2ccccn2)cc1. The maximum absolute atomic E-state index is 12.4. The third-order valence-corrected chi connectivity index (χ3v) is 6.81. The lowest BCUT2D eigenvalue weighted by Gasteiger charge is -2.29. The van der Waals surface area contributed by atoms with Crippen molar-refractivity contribution >= 4 is 17.0 Å². The van der Waals surface area contributed by atoms with Crippen LogP contribution in [0.3, 0.4) is 0 Å². The Hall–Kier alpha value is -3.71. The van der Waals surface area contributed by atoms with Gasteiger partial charge in [-0.1, -0.05) is 36.4 Å². The van der Waals surface area contributed by atoms with Gasteiger partial charge in [-0.15, -0.1) is 0 Å². The molecule has 0 bridgehead atoms. The lowest BCUT2D eigenvalue weighted by atomic mass is 9.90. The molecule has 3 heterocycles. The standard InChI is InChI=1S/C31H36N4O3/c1-30(2,3)38-29(36)33-31(4,5)22-14-12-21(13-15-22)23-16-17-25-24(28(23)26-10-6-8-18-32-26)20-35(34-25)27-11-7-9-19-37-27/h6,8,10,12-18,20,27H,7,9,11,19H2,1-5H3,(H,33,36). The van der Waals surface area contributed by atoms with Crippen LogP contribution in [0.15, 0.2) is 67.0 Å². The van der Waals surface area contributed by atoms with E-state index >= 15 is 0 Å². The summed E-state index contributed by atoms with van der Waals surface area (Å²) in [6.07, 6.45) is 6.66. The molecule has 2 aromatic carbocycles. The Morgan fingerprint density at radius 3 is 2.47 bits per heavy atom. The first-order chi connectivity index (χ1) is 18.1. The molecule has 1 fully saturated rings. The van der Waals surface area contributed by atoms with E-state index in [0.29, 0.717) is 0 Å². The van der Waals surface area contributed by atoms with E-state index < -0.39 is 17.2 Å². The molecule has 7 heteroatoms. The number of alkyl carbamates (subject to hydrolysis) is 1. The van der Waals surface area contributed by atoms with Crippen molar-refractivity contribution in [3.8, 4) is 22.4 Å². The van der Waals surface area contributed by atoms with Crippen LogP contribution in [0.4, 0.5) is 4.79 Å². The van der Waals surface area contributed by atoms with E-state index in [0.717, 1.165) is 64.7 Å². The van der Waals surface area contributed by atoms with Gasteiger partial charge in [-0.2, -0.15) is 5.10 Å². The molecular formula is C31H36N4O3. The Balaban J connectivity index is 1.51. The fourth-order valence-corrected chi connectivity index (χ4v) is 4.92. The van der Waals surface area contributed by atoms with Gasteiger partial charge < -0.3 is 14.8 Å². The van der Waals surface area contributed by atoms with Crippen LogP contribution in [0, 0.1) is 0 Å². The van der Waals surface area contributed by atoms with Crippen molar-refractivity contribution < 1.29 is 14.3 Å². The van der Waals surface area contributed by atoms with Crippen molar-refractivity contribution in [2.45, 2.75) is 71.2 Å². The van der Waals surface area contributed by atoms with Crippen molar-refractivity contribution in [2.75, 3.05) is 6.61 Å². The summed E-state index contributed by atoms with van der Waals surface area (Å²) in [4.78, 5) is 17.1. The number of ether oxygens (including phenoxy) is 2. The number of carbonyl (C=O) groups excluding carboxylic acids is 1. The molecule has 1 aliphatic rings. The van der Waals surface area contributed by atoms with Crippen LogP contribution in [-0.2, 0) is 15.0 Å². The maximum Gasteiger partial charge on any atom is 0.408 e. The number of amides is 1. The number of carbonyl (C=O) groups is 1. The van der Waals surface area contributed by atoms with E-state index in [1.165, 1.54) is 0 Å². The van der Waals surface area contributed by atoms with Crippen molar-refractivity contribution in [1.82, 2.24) is 20.1 Å². The van der Waals surface area contributed by atoms with Crippen molar-refractivity contribution in [2.24, 2.45) is 0 Å². The topological polar surface area (TPSA) is 78.3 Å². The fourth-order valence-electron chi connectivity index (χ4n) is 4.92. The molecule has 38 heavy (non-hydrogen) atoms. The average Bonchev–Trinajstić information content (AvgIpc) is 3.32. The maximum atomic E-state index is 12.4. The predicted molar refractivity (Wildman–Crippen MR) is 150 cm³/mol. The van der Waals surface area contributed by atoms with E-state index in [-0.39, 0.29) is 6.23 Å². The number of hydrogen-bond donors (Lipinski definition) is 1. The number of benzene rings is 2. The highest BCUT2D eigenvalue weighted by Crippen LogP contribution is 2.38. The summed E-state index contributed by atoms with van der Waals surface area (Å²) in [6.45, 7) is 10.3. The highest BCUT2D eigenvalue weighted by Gasteiger charge is 2.27. The normalized spacial score (nSPS) is 16.4. The molecule has 1 unspecified atom stereocenters. The van der Waals surface area contributed by atoms with Gasteiger partial charge in [-0.05, 0) is 88.8 Å². The van der Waals surface area contributed by atoms with E-state index in [4.69, 9.17) is 19.6 Å². The summed E-state index contributed by atoms with van der Waals surface area (Å²) in [6, 6.07) is 18.4. The summed E-state index contributed by atoms with van der Waals surface area (Å²) in [7, 11) is 0. The number of rotatable bonds is 5. The van der Waals surface area contributed by atoms with Crippen molar-refractivity contribution in [1.29, 1.82) is 0 Å². The summed E-state index contributed by atoms with van der Waals surface area (Å²) < 4.78 is 13.4. The first-order valence-corrected chi connectivity index (χ1v) is 13.3. The minimum atomic E-state index is -0.601. The number of nitrogens with one attached hydrogen (secondary N) is 1. The second-order valence-electron chi connectivity index (χ2n) is 11.4. The average molecular weight is 513 g/mol. The smallest absolute Gasteiger partial charge is 0.408 e. The Bertz CT molecular complexity index is 1410. The van der Waals surface area contributed by atoms with Gasteiger partial charge in [0.15, 0.2) is 0 Å². The van der Waals surface area contributed by atoms with Gasteiger partial charge in [0.25, 0.3) is 0 Å². The van der Waals surface area contributed by atoms with Gasteiger partial charge in [0.1, 0.15) is 11.8 Å². The van der Waals surface area contributed by atoms with E-state index in [2.05, 4.69) is 47.9 Å². The molecule has 4 aromatic rings. The Morgan fingerprint density at radius 1 is 1.03 bits per heavy atom. The largest absolute Gasteiger partial charge is 0.444 e. The molecule has 1 atom stereocenters. The number of pyridine rings is 1. The minimum absolute atomic E-state index is 0.0322. The summed E-state index contributed by atoms with van der Waals surface area (Å²) in [5, 5.41) is 8.91. The summed E-state index contributed by atoms with van der Waals surface area (Å²) in [5.41, 5.74) is 4.82. The third-order valence-electron chi connectivity index (χ3n) is 6.81. The molecule has 0 radical (unpaired) electrons. The number of hydrogen-bond acceptors (Lipinski definition) is 5. The fraction of sp³-hybridized carbons (Fsp3) is 0.387. The molecule has 198 valence electrons. The van der Waals surface area contributed by atoms with E-state index in [9.17, 15) is 4.79 Å². The van der Waals surface area contributed by atoms with Gasteiger partial charge in [0.05, 0.1) is 16.7 Å². The Morgan fingerprint density at radius 2 is 1.82 bits per heavy atom. The van der Waals surface area contributed by atoms with Crippen LogP contribution in [0.25, 0.3) is 33.3 Å². The monoisotopic (exact) mass is 512 g/mol. The highest BCUT2D eigenvalue weighted by atomic mass is 16.6. The van der Waals surface area contributed by atoms with Crippen molar-refractivity contribution in [3.05, 3.63) is 72.6 Å². The number of nitrogens with zero attached hydrogens (tertiary/aromatic N) is 3. The minimum Gasteiger partial charge on any atom is -0.444 e. The summed E-state index contributed by atoms with van der Waals surface area (Å²) in [5.74, 6) is 0. The first kappa shape index (κ1) is 25.9. The van der Waals surface area contributed by atoms with Crippen LogP contribution >= 0.6 is 0 Å². The zero-order valence-corrected chi connectivity index (χ0v) is 22.8. The lowest BCUT2D eigenvalue weighted by Crippen LogP contribution is -2.43. The Kier molecular flexibility index (Phi) is 6.97. The predicted octanol–water partition coefficient (Wildman–Crippen LogP) is 7.22. The Labute approximate surface area is 224 Å². The quantitative estimate of drug-likeness (QED) is 0.305. The second-order valence-corrected chi connectivity index (χ2v) is 11.4. The van der Waals surface area contributed by atoms with E-state index in [1.54, 1.807) is 0 Å². The molecule has 1 aliphatic heterocycles. The molecule has 5 rings (SSSR count). The van der Waals surface area contributed by atoms with Gasteiger partial charge in [-0.25, -0.2) is 9.48 Å². The number of aromatic nitrogens is 3. The van der Waals surface area contributed by atoms with Crippen molar-refractivity contribution in [3.63, 3.8) is 0 Å². The van der Waals surface area contributed by atoms with Gasteiger partial charge in [-0.3, -0.25) is 4.98 Å². The zero-order chi connectivity index (χ0) is 26.9. The highest BCUT2D eigenvalue weighted by molar-refractivity contribution is 6.01. The molecule has 2 aromatic heterocycles. The van der Waals surface area contributed by atoms with Gasteiger partial charge >= 0.3 is 6.09 Å². The molecule has 1 amide bonds. The lowest BCUT2D eigenvalue weighted by molar-refractivity contribution is -0.0390. The molecule has 0 aliphatic carbocycles. The first-order valence-electron chi connectivity index (χ1n) is 13.3. The molecular weight excluding hydrogens is 476 g/mol. The second kappa shape index (κ2) is 10.2. The van der Waals surface area contributed by atoms with Crippen LogP contribution < -0.4 is 5.32 Å². The molecule has 7 nitrogen and oxygen atoms in total. The van der Waals surface area contributed by atoms with Crippen LogP contribution in [0.5, 0.6) is 0 Å². The van der Waals surface area contributed by atoms with E-state index in [1.807, 2.05) is 63.7 Å². The van der Waals surface area contributed by atoms with Gasteiger partial charge in [0.2, 0.25) is 0 Å². The summed E-state index contributed by atoms with van der Waals surface area (Å²) >= 11 is 0. The molecule has 1 saturated heterocycles.